The Labute approximate surface area is 203 Å². The van der Waals surface area contributed by atoms with E-state index in [9.17, 15) is 9.59 Å². The summed E-state index contributed by atoms with van der Waals surface area (Å²) < 4.78 is 6.96. The number of benzene rings is 3. The van der Waals surface area contributed by atoms with E-state index in [0.717, 1.165) is 23.0 Å². The number of nitrogens with one attached hydrogen (secondary N) is 2. The summed E-state index contributed by atoms with van der Waals surface area (Å²) in [6.45, 7) is 4.94. The normalized spacial score (nSPS) is 10.7. The molecule has 1 heterocycles. The Kier molecular flexibility index (Phi) is 6.75. The fraction of sp³-hybridized carbons (Fsp3) is 0.148. The van der Waals surface area contributed by atoms with Gasteiger partial charge in [0.05, 0.1) is 12.7 Å². The van der Waals surface area contributed by atoms with Gasteiger partial charge in [-0.1, -0.05) is 30.3 Å². The number of aryl methyl sites for hydroxylation is 1. The number of ether oxygens (including phenoxy) is 1. The number of carbonyl (C=O) groups excluding carboxylic acids is 2. The molecule has 172 valence electrons. The molecule has 4 aromatic rings. The smallest absolute Gasteiger partial charge is 0.337 e. The van der Waals surface area contributed by atoms with Gasteiger partial charge in [0.2, 0.25) is 0 Å². The summed E-state index contributed by atoms with van der Waals surface area (Å²) in [7, 11) is 1.33. The quantitative estimate of drug-likeness (QED) is 0.308. The maximum absolute atomic E-state index is 12.9. The van der Waals surface area contributed by atoms with Crippen molar-refractivity contribution in [2.45, 2.75) is 20.4 Å². The van der Waals surface area contributed by atoms with Crippen molar-refractivity contribution in [1.29, 1.82) is 0 Å². The summed E-state index contributed by atoms with van der Waals surface area (Å²) in [5, 5.41) is 6.89. The molecule has 0 saturated heterocycles. The van der Waals surface area contributed by atoms with Crippen LogP contribution >= 0.6 is 12.2 Å². The number of hydrogen-bond donors (Lipinski definition) is 2. The summed E-state index contributed by atoms with van der Waals surface area (Å²) >= 11 is 5.30. The zero-order valence-corrected chi connectivity index (χ0v) is 20.0. The number of rotatable bonds is 5. The van der Waals surface area contributed by atoms with Crippen molar-refractivity contribution in [2.75, 3.05) is 12.4 Å². The van der Waals surface area contributed by atoms with Gasteiger partial charge >= 0.3 is 5.97 Å². The van der Waals surface area contributed by atoms with E-state index in [1.807, 2.05) is 36.4 Å². The Balaban J connectivity index is 1.49. The number of esters is 1. The van der Waals surface area contributed by atoms with E-state index in [0.29, 0.717) is 16.8 Å². The highest BCUT2D eigenvalue weighted by Crippen LogP contribution is 2.27. The number of hydrogen-bond acceptors (Lipinski definition) is 4. The number of anilines is 1. The van der Waals surface area contributed by atoms with E-state index in [-0.39, 0.29) is 11.0 Å². The zero-order chi connectivity index (χ0) is 24.2. The van der Waals surface area contributed by atoms with Crippen LogP contribution in [0.3, 0.4) is 0 Å². The molecule has 0 atom stereocenters. The highest BCUT2D eigenvalue weighted by Gasteiger charge is 2.15. The first-order valence-corrected chi connectivity index (χ1v) is 11.2. The molecule has 2 N–H and O–H groups in total. The summed E-state index contributed by atoms with van der Waals surface area (Å²) in [6.07, 6.45) is 0. The van der Waals surface area contributed by atoms with Gasteiger partial charge in [-0.3, -0.25) is 10.1 Å². The van der Waals surface area contributed by atoms with Crippen LogP contribution < -0.4 is 10.6 Å². The zero-order valence-electron chi connectivity index (χ0n) is 19.2. The van der Waals surface area contributed by atoms with Crippen LogP contribution in [0.2, 0.25) is 0 Å². The van der Waals surface area contributed by atoms with Gasteiger partial charge in [0.25, 0.3) is 5.91 Å². The third-order valence-corrected chi connectivity index (χ3v) is 6.08. The minimum Gasteiger partial charge on any atom is -0.465 e. The topological polar surface area (TPSA) is 72.4 Å². The van der Waals surface area contributed by atoms with Gasteiger partial charge < -0.3 is 14.6 Å². The first-order valence-electron chi connectivity index (χ1n) is 10.8. The van der Waals surface area contributed by atoms with E-state index < -0.39 is 5.97 Å². The largest absolute Gasteiger partial charge is 0.465 e. The standard InChI is InChI=1S/C27H25N3O3S/c1-17-18(2)30(16-19-7-5-4-6-8-19)24-14-11-21(15-23(17)24)25(31)29-27(34)28-22-12-9-20(10-13-22)26(32)33-3/h4-15H,16H2,1-3H3,(H2,28,29,31,34). The predicted molar refractivity (Wildman–Crippen MR) is 138 cm³/mol. The number of methoxy groups -OCH3 is 1. The Morgan fingerprint density at radius 2 is 1.62 bits per heavy atom. The van der Waals surface area contributed by atoms with E-state index in [4.69, 9.17) is 17.0 Å². The molecule has 0 radical (unpaired) electrons. The Hall–Kier alpha value is -3.97. The molecule has 7 heteroatoms. The highest BCUT2D eigenvalue weighted by atomic mass is 32.1. The van der Waals surface area contributed by atoms with Crippen LogP contribution in [0.1, 0.15) is 37.5 Å². The number of fused-ring (bicyclic) bond motifs is 1. The first-order chi connectivity index (χ1) is 16.4. The average Bonchev–Trinajstić information content (AvgIpc) is 3.09. The second kappa shape index (κ2) is 9.89. The van der Waals surface area contributed by atoms with Crippen molar-refractivity contribution in [3.8, 4) is 0 Å². The maximum atomic E-state index is 12.9. The molecular weight excluding hydrogens is 446 g/mol. The molecule has 3 aromatic carbocycles. The summed E-state index contributed by atoms with van der Waals surface area (Å²) in [5.41, 5.74) is 6.23. The molecule has 0 saturated carbocycles. The highest BCUT2D eigenvalue weighted by molar-refractivity contribution is 7.80. The number of amides is 1. The van der Waals surface area contributed by atoms with Crippen molar-refractivity contribution in [2.24, 2.45) is 0 Å². The molecule has 0 fully saturated rings. The molecule has 1 aromatic heterocycles. The van der Waals surface area contributed by atoms with Gasteiger partial charge in [-0.2, -0.15) is 0 Å². The monoisotopic (exact) mass is 471 g/mol. The van der Waals surface area contributed by atoms with Gasteiger partial charge in [0.15, 0.2) is 5.11 Å². The summed E-state index contributed by atoms with van der Waals surface area (Å²) in [5.74, 6) is -0.709. The Bertz CT molecular complexity index is 1380. The molecule has 0 unspecified atom stereocenters. The second-order valence-electron chi connectivity index (χ2n) is 7.99. The molecular formula is C27H25N3O3S. The van der Waals surface area contributed by atoms with E-state index in [1.165, 1.54) is 18.4 Å². The lowest BCUT2D eigenvalue weighted by Gasteiger charge is -2.11. The molecule has 6 nitrogen and oxygen atoms in total. The number of carbonyl (C=O) groups is 2. The minimum absolute atomic E-state index is 0.172. The number of aromatic nitrogens is 1. The van der Waals surface area contributed by atoms with Gasteiger partial charge in [-0.15, -0.1) is 0 Å². The van der Waals surface area contributed by atoms with Crippen molar-refractivity contribution in [1.82, 2.24) is 9.88 Å². The van der Waals surface area contributed by atoms with Crippen LogP contribution in [0.5, 0.6) is 0 Å². The van der Waals surface area contributed by atoms with Crippen molar-refractivity contribution >= 4 is 45.8 Å². The first kappa shape index (κ1) is 23.2. The van der Waals surface area contributed by atoms with Crippen LogP contribution in [0.4, 0.5) is 5.69 Å². The minimum atomic E-state index is -0.416. The molecule has 34 heavy (non-hydrogen) atoms. The second-order valence-corrected chi connectivity index (χ2v) is 8.40. The molecule has 0 aliphatic rings. The van der Waals surface area contributed by atoms with Crippen LogP contribution in [-0.2, 0) is 11.3 Å². The van der Waals surface area contributed by atoms with Crippen LogP contribution in [-0.4, -0.2) is 28.7 Å². The fourth-order valence-corrected chi connectivity index (χ4v) is 4.12. The predicted octanol–water partition coefficient (Wildman–Crippen LogP) is 5.22. The van der Waals surface area contributed by atoms with Crippen LogP contribution in [0.25, 0.3) is 10.9 Å². The van der Waals surface area contributed by atoms with Gasteiger partial charge in [0, 0.05) is 34.4 Å². The van der Waals surface area contributed by atoms with Crippen LogP contribution in [0, 0.1) is 13.8 Å². The SMILES string of the molecule is COC(=O)c1ccc(NC(=S)NC(=O)c2ccc3c(c2)c(C)c(C)n3Cc2ccccc2)cc1. The summed E-state index contributed by atoms with van der Waals surface area (Å²) in [4.78, 5) is 24.4. The fourth-order valence-electron chi connectivity index (χ4n) is 3.91. The van der Waals surface area contributed by atoms with Crippen molar-refractivity contribution in [3.05, 3.63) is 101 Å². The lowest BCUT2D eigenvalue weighted by Crippen LogP contribution is -2.34. The number of thiocarbonyl (C=S) groups is 1. The van der Waals surface area contributed by atoms with Crippen LogP contribution in [0.15, 0.2) is 72.8 Å². The maximum Gasteiger partial charge on any atom is 0.337 e. The molecule has 0 spiro atoms. The van der Waals surface area contributed by atoms with E-state index >= 15 is 0 Å². The lowest BCUT2D eigenvalue weighted by atomic mass is 10.1. The molecule has 0 aliphatic heterocycles. The average molecular weight is 472 g/mol. The van der Waals surface area contributed by atoms with E-state index in [1.54, 1.807) is 24.3 Å². The number of nitrogens with zero attached hydrogens (tertiary/aromatic N) is 1. The molecule has 1 amide bonds. The molecule has 0 bridgehead atoms. The lowest BCUT2D eigenvalue weighted by molar-refractivity contribution is 0.0600. The Morgan fingerprint density at radius 3 is 2.29 bits per heavy atom. The van der Waals surface area contributed by atoms with Gasteiger partial charge in [-0.25, -0.2) is 4.79 Å². The molecule has 4 rings (SSSR count). The van der Waals surface area contributed by atoms with Gasteiger partial charge in [0.1, 0.15) is 0 Å². The Morgan fingerprint density at radius 1 is 0.941 bits per heavy atom. The van der Waals surface area contributed by atoms with E-state index in [2.05, 4.69) is 41.2 Å². The van der Waals surface area contributed by atoms with Gasteiger partial charge in [-0.05, 0) is 79.7 Å². The van der Waals surface area contributed by atoms with Crippen molar-refractivity contribution < 1.29 is 14.3 Å². The van der Waals surface area contributed by atoms with Crippen molar-refractivity contribution in [3.63, 3.8) is 0 Å². The molecule has 0 aliphatic carbocycles. The third-order valence-electron chi connectivity index (χ3n) is 5.88. The summed E-state index contributed by atoms with van der Waals surface area (Å²) in [6, 6.07) is 22.6. The third kappa shape index (κ3) is 4.84.